The van der Waals surface area contributed by atoms with Gasteiger partial charge in [0.1, 0.15) is 0 Å². The Morgan fingerprint density at radius 3 is 3.07 bits per heavy atom. The molecule has 0 radical (unpaired) electrons. The van der Waals surface area contributed by atoms with Crippen molar-refractivity contribution in [3.05, 3.63) is 34.9 Å². The quantitative estimate of drug-likeness (QED) is 0.800. The van der Waals surface area contributed by atoms with Crippen LogP contribution in [-0.2, 0) is 24.3 Å². The zero-order chi connectivity index (χ0) is 18.8. The molecule has 2 aliphatic heterocycles. The summed E-state index contributed by atoms with van der Waals surface area (Å²) >= 11 is 1.86. The van der Waals surface area contributed by atoms with Crippen molar-refractivity contribution in [3.63, 3.8) is 0 Å². The number of fused-ring (bicyclic) bond motifs is 1. The van der Waals surface area contributed by atoms with E-state index in [0.717, 1.165) is 34.9 Å². The van der Waals surface area contributed by atoms with Gasteiger partial charge in [-0.3, -0.25) is 19.4 Å². The summed E-state index contributed by atoms with van der Waals surface area (Å²) in [6.07, 6.45) is 3.97. The Bertz CT molecular complexity index is 839. The third kappa shape index (κ3) is 4.02. The summed E-state index contributed by atoms with van der Waals surface area (Å²) in [6.45, 7) is 3.60. The number of hydrogen-bond acceptors (Lipinski definition) is 5. The van der Waals surface area contributed by atoms with Crippen LogP contribution < -0.4 is 5.32 Å². The average Bonchev–Trinajstić information content (AvgIpc) is 3.39. The van der Waals surface area contributed by atoms with Crippen molar-refractivity contribution < 1.29 is 9.59 Å². The molecule has 2 aliphatic rings. The molecule has 144 valence electrons. The maximum absolute atomic E-state index is 12.5. The number of nitrogens with one attached hydrogen (secondary N) is 2. The molecule has 0 aliphatic carbocycles. The van der Waals surface area contributed by atoms with Crippen molar-refractivity contribution in [3.8, 4) is 0 Å². The fourth-order valence-electron chi connectivity index (χ4n) is 3.58. The van der Waals surface area contributed by atoms with Gasteiger partial charge in [-0.05, 0) is 31.6 Å². The lowest BCUT2D eigenvalue weighted by molar-refractivity contribution is -0.132. The maximum atomic E-state index is 12.5. The van der Waals surface area contributed by atoms with Gasteiger partial charge in [0.05, 0.1) is 17.9 Å². The summed E-state index contributed by atoms with van der Waals surface area (Å²) in [4.78, 5) is 26.9. The molecule has 1 unspecified atom stereocenters. The number of H-pyrrole nitrogens is 1. The van der Waals surface area contributed by atoms with Crippen LogP contribution in [0.5, 0.6) is 0 Å². The molecule has 8 nitrogen and oxygen atoms in total. The van der Waals surface area contributed by atoms with E-state index in [1.807, 2.05) is 35.8 Å². The highest BCUT2D eigenvalue weighted by Gasteiger charge is 2.28. The number of aromatic nitrogens is 4. The summed E-state index contributed by atoms with van der Waals surface area (Å²) in [5, 5.41) is 14.6. The molecule has 0 bridgehead atoms. The van der Waals surface area contributed by atoms with Gasteiger partial charge in [0.2, 0.25) is 5.91 Å². The van der Waals surface area contributed by atoms with Crippen molar-refractivity contribution in [1.29, 1.82) is 0 Å². The highest BCUT2D eigenvalue weighted by molar-refractivity contribution is 7.99. The zero-order valence-corrected chi connectivity index (χ0v) is 16.2. The zero-order valence-electron chi connectivity index (χ0n) is 15.4. The van der Waals surface area contributed by atoms with Gasteiger partial charge in [-0.25, -0.2) is 0 Å². The monoisotopic (exact) mass is 388 g/mol. The van der Waals surface area contributed by atoms with Crippen LogP contribution in [0.15, 0.2) is 12.3 Å². The van der Waals surface area contributed by atoms with Gasteiger partial charge in [0.25, 0.3) is 5.91 Å². The van der Waals surface area contributed by atoms with Crippen LogP contribution in [0.1, 0.15) is 40.3 Å². The van der Waals surface area contributed by atoms with Crippen molar-refractivity contribution >= 4 is 23.6 Å². The second-order valence-electron chi connectivity index (χ2n) is 7.10. The van der Waals surface area contributed by atoms with Crippen LogP contribution in [0.25, 0.3) is 0 Å². The van der Waals surface area contributed by atoms with Crippen molar-refractivity contribution in [2.75, 3.05) is 18.1 Å². The summed E-state index contributed by atoms with van der Waals surface area (Å²) in [6, 6.07) is 2.17. The smallest absolute Gasteiger partial charge is 0.272 e. The molecule has 2 N–H and O–H groups in total. The van der Waals surface area contributed by atoms with Gasteiger partial charge in [-0.1, -0.05) is 0 Å². The molecule has 0 aromatic carbocycles. The number of thioether (sulfide) groups is 1. The number of carbonyl (C=O) groups excluding carboxylic acids is 2. The first-order valence-corrected chi connectivity index (χ1v) is 10.5. The van der Waals surface area contributed by atoms with Crippen LogP contribution >= 0.6 is 11.8 Å². The minimum atomic E-state index is -0.103. The third-order valence-corrected chi connectivity index (χ3v) is 6.26. The maximum Gasteiger partial charge on any atom is 0.272 e. The van der Waals surface area contributed by atoms with Crippen LogP contribution in [0.2, 0.25) is 0 Å². The standard InChI is InChI=1S/C18H24N6O2S/c1-12-2-7-24(22-12)8-4-16(25)23-6-3-14-15(10-23)20-21-17(14)18(26)19-13-5-9-27-11-13/h2,7,13H,3-6,8-11H2,1H3,(H,19,26)(H,20,21). The molecule has 1 fully saturated rings. The Balaban J connectivity index is 1.35. The molecule has 4 rings (SSSR count). The first-order chi connectivity index (χ1) is 13.1. The summed E-state index contributed by atoms with van der Waals surface area (Å²) in [7, 11) is 0. The third-order valence-electron chi connectivity index (χ3n) is 5.09. The number of aromatic amines is 1. The molecule has 9 heteroatoms. The molecule has 2 amide bonds. The minimum absolute atomic E-state index is 0.0948. The first kappa shape index (κ1) is 18.1. The number of hydrogen-bond donors (Lipinski definition) is 2. The van der Waals surface area contributed by atoms with Crippen molar-refractivity contribution in [1.82, 2.24) is 30.2 Å². The number of carbonyl (C=O) groups is 2. The van der Waals surface area contributed by atoms with E-state index in [1.165, 1.54) is 0 Å². The lowest BCUT2D eigenvalue weighted by atomic mass is 10.0. The molecular formula is C18H24N6O2S. The summed E-state index contributed by atoms with van der Waals surface area (Å²) in [5.74, 6) is 2.06. The molecule has 2 aromatic heterocycles. The molecule has 4 heterocycles. The van der Waals surface area contributed by atoms with E-state index in [0.29, 0.717) is 38.2 Å². The fourth-order valence-corrected chi connectivity index (χ4v) is 4.73. The fraction of sp³-hybridized carbons (Fsp3) is 0.556. The van der Waals surface area contributed by atoms with Gasteiger partial charge < -0.3 is 10.2 Å². The molecule has 1 saturated heterocycles. The molecular weight excluding hydrogens is 364 g/mol. The molecule has 2 aromatic rings. The molecule has 1 atom stereocenters. The Kier molecular flexibility index (Phi) is 5.20. The van der Waals surface area contributed by atoms with Crippen LogP contribution in [0.3, 0.4) is 0 Å². The van der Waals surface area contributed by atoms with Crippen LogP contribution in [0, 0.1) is 6.92 Å². The van der Waals surface area contributed by atoms with Gasteiger partial charge in [0.15, 0.2) is 5.69 Å². The Labute approximate surface area is 162 Å². The van der Waals surface area contributed by atoms with E-state index in [-0.39, 0.29) is 17.9 Å². The van der Waals surface area contributed by atoms with Gasteiger partial charge in [0, 0.05) is 43.1 Å². The molecule has 27 heavy (non-hydrogen) atoms. The number of amides is 2. The predicted molar refractivity (Wildman–Crippen MR) is 102 cm³/mol. The van der Waals surface area contributed by atoms with Crippen molar-refractivity contribution in [2.24, 2.45) is 0 Å². The van der Waals surface area contributed by atoms with E-state index in [2.05, 4.69) is 20.6 Å². The van der Waals surface area contributed by atoms with E-state index in [1.54, 1.807) is 4.68 Å². The number of aryl methyl sites for hydroxylation is 2. The Morgan fingerprint density at radius 1 is 1.44 bits per heavy atom. The lowest BCUT2D eigenvalue weighted by Gasteiger charge is -2.27. The normalized spacial score (nSPS) is 19.1. The Morgan fingerprint density at radius 2 is 2.33 bits per heavy atom. The van der Waals surface area contributed by atoms with E-state index in [4.69, 9.17) is 0 Å². The van der Waals surface area contributed by atoms with Crippen molar-refractivity contribution in [2.45, 2.75) is 45.3 Å². The molecule has 0 saturated carbocycles. The van der Waals surface area contributed by atoms with E-state index < -0.39 is 0 Å². The predicted octanol–water partition coefficient (Wildman–Crippen LogP) is 1.12. The largest absolute Gasteiger partial charge is 0.347 e. The summed E-state index contributed by atoms with van der Waals surface area (Å²) in [5.41, 5.74) is 3.26. The second-order valence-corrected chi connectivity index (χ2v) is 8.25. The van der Waals surface area contributed by atoms with Gasteiger partial charge >= 0.3 is 0 Å². The Hall–Kier alpha value is -2.29. The average molecular weight is 388 g/mol. The summed E-state index contributed by atoms with van der Waals surface area (Å²) < 4.78 is 1.79. The SMILES string of the molecule is Cc1ccn(CCC(=O)N2CCc3c(C(=O)NC4CCSC4)n[nH]c3C2)n1. The minimum Gasteiger partial charge on any atom is -0.347 e. The van der Waals surface area contributed by atoms with E-state index in [9.17, 15) is 9.59 Å². The number of rotatable bonds is 5. The van der Waals surface area contributed by atoms with Crippen LogP contribution in [0.4, 0.5) is 0 Å². The highest BCUT2D eigenvalue weighted by Crippen LogP contribution is 2.22. The van der Waals surface area contributed by atoms with Gasteiger partial charge in [-0.15, -0.1) is 0 Å². The first-order valence-electron chi connectivity index (χ1n) is 9.32. The highest BCUT2D eigenvalue weighted by atomic mass is 32.2. The van der Waals surface area contributed by atoms with Crippen LogP contribution in [-0.4, -0.2) is 60.8 Å². The number of nitrogens with zero attached hydrogens (tertiary/aromatic N) is 4. The molecule has 0 spiro atoms. The van der Waals surface area contributed by atoms with Gasteiger partial charge in [-0.2, -0.15) is 22.0 Å². The topological polar surface area (TPSA) is 95.9 Å². The second kappa shape index (κ2) is 7.75. The lowest BCUT2D eigenvalue weighted by Crippen LogP contribution is -2.38. The van der Waals surface area contributed by atoms with E-state index >= 15 is 0 Å².